The maximum absolute atomic E-state index is 11.9. The number of nitrogens with zero attached hydrogens (tertiary/aromatic N) is 2. The normalized spacial score (nSPS) is 10.9. The van der Waals surface area contributed by atoms with Crippen molar-refractivity contribution in [2.45, 2.75) is 13.5 Å². The molecule has 0 aliphatic rings. The summed E-state index contributed by atoms with van der Waals surface area (Å²) in [5.74, 6) is -0.338. The zero-order valence-electron chi connectivity index (χ0n) is 12.5. The van der Waals surface area contributed by atoms with Crippen LogP contribution in [0.1, 0.15) is 16.8 Å². The van der Waals surface area contributed by atoms with E-state index >= 15 is 0 Å². The topological polar surface area (TPSA) is 94.8 Å². The quantitative estimate of drug-likeness (QED) is 0.697. The number of halogens is 1. The van der Waals surface area contributed by atoms with Crippen LogP contribution < -0.4 is 5.32 Å². The van der Waals surface area contributed by atoms with Gasteiger partial charge in [0.2, 0.25) is 5.91 Å². The van der Waals surface area contributed by atoms with Gasteiger partial charge in [0.05, 0.1) is 18.0 Å². The van der Waals surface area contributed by atoms with Crippen molar-refractivity contribution in [2.75, 3.05) is 11.9 Å². The van der Waals surface area contributed by atoms with Crippen molar-refractivity contribution in [3.8, 4) is 5.75 Å². The van der Waals surface area contributed by atoms with Crippen LogP contribution in [-0.4, -0.2) is 33.9 Å². The van der Waals surface area contributed by atoms with Crippen molar-refractivity contribution < 1.29 is 15.0 Å². The molecule has 6 nitrogen and oxygen atoms in total. The van der Waals surface area contributed by atoms with E-state index in [4.69, 9.17) is 0 Å². The van der Waals surface area contributed by atoms with E-state index in [1.807, 2.05) is 18.2 Å². The molecule has 1 aromatic carbocycles. The smallest absolute Gasteiger partial charge is 0.246 e. The number of hydrogen-bond donors (Lipinski definition) is 3. The van der Waals surface area contributed by atoms with E-state index < -0.39 is 0 Å². The van der Waals surface area contributed by atoms with Gasteiger partial charge in [0.15, 0.2) is 0 Å². The summed E-state index contributed by atoms with van der Waals surface area (Å²) in [6.45, 7) is 1.27. The number of para-hydroxylation sites is 1. The van der Waals surface area contributed by atoms with Gasteiger partial charge in [0, 0.05) is 28.0 Å². The molecule has 0 fully saturated rings. The summed E-state index contributed by atoms with van der Waals surface area (Å²) in [6, 6.07) is 7.26. The van der Waals surface area contributed by atoms with Crippen molar-refractivity contribution >= 4 is 33.7 Å². The molecule has 0 saturated heterocycles. The van der Waals surface area contributed by atoms with E-state index in [0.29, 0.717) is 22.5 Å². The van der Waals surface area contributed by atoms with Crippen LogP contribution in [0.3, 0.4) is 0 Å². The third kappa shape index (κ3) is 4.37. The number of aromatic hydroxyl groups is 1. The molecule has 1 amide bonds. The van der Waals surface area contributed by atoms with E-state index in [9.17, 15) is 15.0 Å². The SMILES string of the molecule is Cc1ncc(CO)c(C=NCC(=O)Nc2ccccc2Br)c1O. The number of amides is 1. The standard InChI is InChI=1S/C16H16BrN3O3/c1-10-16(23)12(11(9-21)6-19-10)7-18-8-15(22)20-14-5-3-2-4-13(14)17/h2-7,21,23H,8-9H2,1H3,(H,20,22). The Kier molecular flexibility index (Phi) is 5.84. The molecule has 0 radical (unpaired) electrons. The number of hydrogen-bond acceptors (Lipinski definition) is 5. The van der Waals surface area contributed by atoms with Crippen LogP contribution >= 0.6 is 15.9 Å². The number of aliphatic hydroxyl groups is 1. The predicted octanol–water partition coefficient (Wildman–Crippen LogP) is 2.41. The van der Waals surface area contributed by atoms with Crippen molar-refractivity contribution in [2.24, 2.45) is 4.99 Å². The summed E-state index contributed by atoms with van der Waals surface area (Å²) >= 11 is 3.35. The van der Waals surface area contributed by atoms with Gasteiger partial charge < -0.3 is 15.5 Å². The Morgan fingerprint density at radius 3 is 2.87 bits per heavy atom. The summed E-state index contributed by atoms with van der Waals surface area (Å²) in [4.78, 5) is 19.9. The van der Waals surface area contributed by atoms with E-state index in [2.05, 4.69) is 31.2 Å². The van der Waals surface area contributed by atoms with Crippen LogP contribution in [0, 0.1) is 6.92 Å². The maximum atomic E-state index is 11.9. The average Bonchev–Trinajstić information content (AvgIpc) is 2.54. The second-order valence-corrected chi connectivity index (χ2v) is 5.64. The molecule has 0 spiro atoms. The first-order valence-electron chi connectivity index (χ1n) is 6.85. The van der Waals surface area contributed by atoms with Gasteiger partial charge >= 0.3 is 0 Å². The van der Waals surface area contributed by atoms with Gasteiger partial charge in [-0.3, -0.25) is 14.8 Å². The number of rotatable bonds is 5. The Hall–Kier alpha value is -2.25. The first-order chi connectivity index (χ1) is 11.0. The number of anilines is 1. The van der Waals surface area contributed by atoms with Crippen LogP contribution in [0.2, 0.25) is 0 Å². The molecule has 0 aliphatic heterocycles. The minimum atomic E-state index is -0.288. The summed E-state index contributed by atoms with van der Waals surface area (Å²) in [5, 5.41) is 22.0. The fourth-order valence-electron chi connectivity index (χ4n) is 1.89. The number of carbonyl (C=O) groups excluding carboxylic acids is 1. The van der Waals surface area contributed by atoms with Gasteiger partial charge in [-0.05, 0) is 35.0 Å². The van der Waals surface area contributed by atoms with Crippen LogP contribution in [0.15, 0.2) is 39.9 Å². The van der Waals surface area contributed by atoms with E-state index in [1.165, 1.54) is 12.4 Å². The zero-order chi connectivity index (χ0) is 16.8. The zero-order valence-corrected chi connectivity index (χ0v) is 14.0. The van der Waals surface area contributed by atoms with Crippen molar-refractivity contribution in [1.82, 2.24) is 4.98 Å². The molecule has 0 bridgehead atoms. The Morgan fingerprint density at radius 2 is 2.17 bits per heavy atom. The minimum Gasteiger partial charge on any atom is -0.505 e. The fourth-order valence-corrected chi connectivity index (χ4v) is 2.28. The summed E-state index contributed by atoms with van der Waals surface area (Å²) < 4.78 is 0.780. The predicted molar refractivity (Wildman–Crippen MR) is 91.8 cm³/mol. The molecule has 0 aliphatic carbocycles. The molecule has 2 rings (SSSR count). The molecule has 0 saturated carbocycles. The molecule has 23 heavy (non-hydrogen) atoms. The molecule has 1 aromatic heterocycles. The third-order valence-electron chi connectivity index (χ3n) is 3.13. The van der Waals surface area contributed by atoms with Crippen LogP contribution in [-0.2, 0) is 11.4 Å². The molecule has 2 aromatic rings. The molecule has 7 heteroatoms. The summed E-state index contributed by atoms with van der Waals surface area (Å²) in [6.07, 6.45) is 2.84. The van der Waals surface area contributed by atoms with Gasteiger partial charge in [-0.2, -0.15) is 0 Å². The van der Waals surface area contributed by atoms with Crippen LogP contribution in [0.5, 0.6) is 5.75 Å². The largest absolute Gasteiger partial charge is 0.505 e. The first kappa shape index (κ1) is 17.1. The van der Waals surface area contributed by atoms with Crippen molar-refractivity contribution in [3.05, 3.63) is 51.8 Å². The third-order valence-corrected chi connectivity index (χ3v) is 3.82. The van der Waals surface area contributed by atoms with Crippen LogP contribution in [0.4, 0.5) is 5.69 Å². The first-order valence-corrected chi connectivity index (χ1v) is 7.64. The van der Waals surface area contributed by atoms with Crippen molar-refractivity contribution in [1.29, 1.82) is 0 Å². The number of aliphatic imine (C=N–C) groups is 1. The average molecular weight is 378 g/mol. The van der Waals surface area contributed by atoms with Gasteiger partial charge in [-0.1, -0.05) is 12.1 Å². The van der Waals surface area contributed by atoms with E-state index in [0.717, 1.165) is 4.47 Å². The Bertz CT molecular complexity index is 747. The molecule has 3 N–H and O–H groups in total. The van der Waals surface area contributed by atoms with E-state index in [1.54, 1.807) is 13.0 Å². The number of carbonyl (C=O) groups is 1. The maximum Gasteiger partial charge on any atom is 0.246 e. The highest BCUT2D eigenvalue weighted by Crippen LogP contribution is 2.22. The molecule has 0 unspecified atom stereocenters. The van der Waals surface area contributed by atoms with Crippen molar-refractivity contribution in [3.63, 3.8) is 0 Å². The number of benzene rings is 1. The highest BCUT2D eigenvalue weighted by molar-refractivity contribution is 9.10. The highest BCUT2D eigenvalue weighted by Gasteiger charge is 2.09. The van der Waals surface area contributed by atoms with Crippen LogP contribution in [0.25, 0.3) is 0 Å². The number of aromatic nitrogens is 1. The second kappa shape index (κ2) is 7.85. The lowest BCUT2D eigenvalue weighted by Gasteiger charge is -2.07. The minimum absolute atomic E-state index is 0.0495. The summed E-state index contributed by atoms with van der Waals surface area (Å²) in [5.41, 5.74) is 1.91. The molecule has 120 valence electrons. The lowest BCUT2D eigenvalue weighted by atomic mass is 10.1. The van der Waals surface area contributed by atoms with Gasteiger partial charge in [-0.15, -0.1) is 0 Å². The summed E-state index contributed by atoms with van der Waals surface area (Å²) in [7, 11) is 0. The Balaban J connectivity index is 2.06. The van der Waals surface area contributed by atoms with E-state index in [-0.39, 0.29) is 24.8 Å². The molecular weight excluding hydrogens is 362 g/mol. The number of nitrogens with one attached hydrogen (secondary N) is 1. The Morgan fingerprint density at radius 1 is 1.43 bits per heavy atom. The monoisotopic (exact) mass is 377 g/mol. The number of pyridine rings is 1. The molecular formula is C16H16BrN3O3. The lowest BCUT2D eigenvalue weighted by molar-refractivity contribution is -0.114. The van der Waals surface area contributed by atoms with Gasteiger partial charge in [-0.25, -0.2) is 0 Å². The number of aliphatic hydroxyl groups excluding tert-OH is 1. The Labute approximate surface area is 142 Å². The number of aryl methyl sites for hydroxylation is 1. The van der Waals surface area contributed by atoms with Gasteiger partial charge in [0.25, 0.3) is 0 Å². The fraction of sp³-hybridized carbons (Fsp3) is 0.188. The van der Waals surface area contributed by atoms with Gasteiger partial charge in [0.1, 0.15) is 12.3 Å². The second-order valence-electron chi connectivity index (χ2n) is 4.79. The molecule has 1 heterocycles. The molecule has 0 atom stereocenters. The highest BCUT2D eigenvalue weighted by atomic mass is 79.9. The lowest BCUT2D eigenvalue weighted by Crippen LogP contribution is -2.15.